The van der Waals surface area contributed by atoms with Crippen molar-refractivity contribution in [3.8, 4) is 0 Å². The van der Waals surface area contributed by atoms with Gasteiger partial charge in [-0.1, -0.05) is 5.16 Å². The van der Waals surface area contributed by atoms with E-state index < -0.39 is 0 Å². The minimum Gasteiger partial charge on any atom is -0.361 e. The molecular weight excluding hydrogens is 280 g/mol. The molecule has 1 atom stereocenters. The van der Waals surface area contributed by atoms with Crippen LogP contribution in [0.2, 0.25) is 0 Å². The first-order valence-corrected chi connectivity index (χ1v) is 8.01. The van der Waals surface area contributed by atoms with Crippen LogP contribution in [0.25, 0.3) is 0 Å². The molecule has 0 amide bonds. The second kappa shape index (κ2) is 5.68. The molecule has 2 aliphatic rings. The fourth-order valence-electron chi connectivity index (χ4n) is 3.21. The van der Waals surface area contributed by atoms with Crippen LogP contribution in [0.15, 0.2) is 33.7 Å². The molecule has 1 saturated carbocycles. The van der Waals surface area contributed by atoms with E-state index in [0.717, 1.165) is 37.4 Å². The van der Waals surface area contributed by atoms with E-state index in [1.165, 1.54) is 12.8 Å². The highest BCUT2D eigenvalue weighted by Gasteiger charge is 2.30. The Kier molecular flexibility index (Phi) is 3.54. The van der Waals surface area contributed by atoms with Crippen LogP contribution in [0.3, 0.4) is 0 Å². The molecule has 1 aliphatic heterocycles. The lowest BCUT2D eigenvalue weighted by Gasteiger charge is -2.23. The van der Waals surface area contributed by atoms with Crippen molar-refractivity contribution < 1.29 is 4.52 Å². The summed E-state index contributed by atoms with van der Waals surface area (Å²) in [5.74, 6) is 1.63. The van der Waals surface area contributed by atoms with Gasteiger partial charge in [0.25, 0.3) is 5.56 Å². The molecule has 2 aromatic rings. The van der Waals surface area contributed by atoms with E-state index in [1.807, 2.05) is 0 Å². The lowest BCUT2D eigenvalue weighted by atomic mass is 10.2. The van der Waals surface area contributed by atoms with E-state index in [2.05, 4.69) is 21.2 Å². The highest BCUT2D eigenvalue weighted by molar-refractivity contribution is 5.14. The zero-order chi connectivity index (χ0) is 14.9. The zero-order valence-electron chi connectivity index (χ0n) is 12.5. The van der Waals surface area contributed by atoms with Gasteiger partial charge in [-0.3, -0.25) is 9.69 Å². The predicted octanol–water partition coefficient (Wildman–Crippen LogP) is 1.77. The van der Waals surface area contributed by atoms with Gasteiger partial charge < -0.3 is 4.52 Å². The lowest BCUT2D eigenvalue weighted by Crippen LogP contribution is -2.36. The molecule has 1 unspecified atom stereocenters. The fourth-order valence-corrected chi connectivity index (χ4v) is 3.21. The van der Waals surface area contributed by atoms with Gasteiger partial charge in [0.05, 0.1) is 12.2 Å². The van der Waals surface area contributed by atoms with Crippen LogP contribution in [0.4, 0.5) is 0 Å². The van der Waals surface area contributed by atoms with Gasteiger partial charge in [0.15, 0.2) is 0 Å². The molecule has 0 bridgehead atoms. The van der Waals surface area contributed by atoms with Gasteiger partial charge in [-0.25, -0.2) is 4.68 Å². The Hall–Kier alpha value is -1.95. The number of aromatic nitrogens is 3. The third kappa shape index (κ3) is 2.83. The Labute approximate surface area is 128 Å². The molecule has 3 heterocycles. The molecule has 4 rings (SSSR count). The molecule has 6 heteroatoms. The summed E-state index contributed by atoms with van der Waals surface area (Å²) >= 11 is 0. The lowest BCUT2D eigenvalue weighted by molar-refractivity contribution is 0.210. The summed E-state index contributed by atoms with van der Waals surface area (Å²) in [5.41, 5.74) is 0.967. The number of nitrogens with zero attached hydrogens (tertiary/aromatic N) is 4. The first-order valence-electron chi connectivity index (χ1n) is 8.01. The van der Waals surface area contributed by atoms with Crippen molar-refractivity contribution in [1.29, 1.82) is 0 Å². The van der Waals surface area contributed by atoms with Crippen molar-refractivity contribution in [2.24, 2.45) is 0 Å². The van der Waals surface area contributed by atoms with Gasteiger partial charge >= 0.3 is 0 Å². The largest absolute Gasteiger partial charge is 0.361 e. The highest BCUT2D eigenvalue weighted by atomic mass is 16.5. The van der Waals surface area contributed by atoms with E-state index in [1.54, 1.807) is 23.0 Å². The first kappa shape index (κ1) is 13.7. The summed E-state index contributed by atoms with van der Waals surface area (Å²) < 4.78 is 6.98. The summed E-state index contributed by atoms with van der Waals surface area (Å²) in [5, 5.41) is 8.36. The first-order chi connectivity index (χ1) is 10.8. The van der Waals surface area contributed by atoms with Gasteiger partial charge in [-0.05, 0) is 38.3 Å². The maximum absolute atomic E-state index is 11.8. The Balaban J connectivity index is 1.44. The van der Waals surface area contributed by atoms with Crippen LogP contribution in [0, 0.1) is 0 Å². The van der Waals surface area contributed by atoms with E-state index >= 15 is 0 Å². The van der Waals surface area contributed by atoms with Crippen molar-refractivity contribution in [3.63, 3.8) is 0 Å². The van der Waals surface area contributed by atoms with Gasteiger partial charge in [0, 0.05) is 36.8 Å². The molecular formula is C16H20N4O2. The number of likely N-dealkylation sites (tertiary alicyclic amines) is 1. The van der Waals surface area contributed by atoms with Gasteiger partial charge in [-0.15, -0.1) is 0 Å². The molecule has 1 aliphatic carbocycles. The Morgan fingerprint density at radius 1 is 1.32 bits per heavy atom. The summed E-state index contributed by atoms with van der Waals surface area (Å²) in [6, 6.07) is 5.68. The van der Waals surface area contributed by atoms with Crippen LogP contribution in [0.1, 0.15) is 43.1 Å². The van der Waals surface area contributed by atoms with Crippen LogP contribution in [-0.2, 0) is 13.1 Å². The minimum atomic E-state index is -0.0354. The number of rotatable bonds is 5. The topological polar surface area (TPSA) is 64.2 Å². The van der Waals surface area contributed by atoms with Gasteiger partial charge in [0.1, 0.15) is 5.76 Å². The average Bonchev–Trinajstić information content (AvgIpc) is 3.12. The maximum atomic E-state index is 11.8. The summed E-state index contributed by atoms with van der Waals surface area (Å²) in [6.45, 7) is 2.48. The van der Waals surface area contributed by atoms with Crippen LogP contribution >= 0.6 is 0 Å². The van der Waals surface area contributed by atoms with Crippen molar-refractivity contribution in [1.82, 2.24) is 19.8 Å². The zero-order valence-corrected chi connectivity index (χ0v) is 12.5. The van der Waals surface area contributed by atoms with Crippen molar-refractivity contribution in [3.05, 3.63) is 46.2 Å². The monoisotopic (exact) mass is 300 g/mol. The molecule has 2 aromatic heterocycles. The SMILES string of the molecule is O=c1cccnn1CC1CCCN1Cc1cc(C2CC2)on1. The van der Waals surface area contributed by atoms with Crippen LogP contribution < -0.4 is 5.56 Å². The normalized spacial score (nSPS) is 22.3. The van der Waals surface area contributed by atoms with Crippen molar-refractivity contribution >= 4 is 0 Å². The Morgan fingerprint density at radius 2 is 2.23 bits per heavy atom. The third-order valence-corrected chi connectivity index (χ3v) is 4.59. The average molecular weight is 300 g/mol. The Morgan fingerprint density at radius 3 is 3.05 bits per heavy atom. The quantitative estimate of drug-likeness (QED) is 0.842. The second-order valence-corrected chi connectivity index (χ2v) is 6.31. The van der Waals surface area contributed by atoms with Gasteiger partial charge in [-0.2, -0.15) is 5.10 Å². The third-order valence-electron chi connectivity index (χ3n) is 4.59. The van der Waals surface area contributed by atoms with E-state index in [0.29, 0.717) is 18.5 Å². The van der Waals surface area contributed by atoms with Crippen molar-refractivity contribution in [2.45, 2.75) is 50.7 Å². The molecule has 1 saturated heterocycles. The molecule has 22 heavy (non-hydrogen) atoms. The molecule has 116 valence electrons. The van der Waals surface area contributed by atoms with Crippen LogP contribution in [-0.4, -0.2) is 32.4 Å². The second-order valence-electron chi connectivity index (χ2n) is 6.31. The fraction of sp³-hybridized carbons (Fsp3) is 0.562. The summed E-state index contributed by atoms with van der Waals surface area (Å²) in [6.07, 6.45) is 6.36. The van der Waals surface area contributed by atoms with E-state index in [4.69, 9.17) is 4.52 Å². The summed E-state index contributed by atoms with van der Waals surface area (Å²) in [4.78, 5) is 14.2. The molecule has 0 N–H and O–H groups in total. The molecule has 2 fully saturated rings. The molecule has 6 nitrogen and oxygen atoms in total. The van der Waals surface area contributed by atoms with E-state index in [9.17, 15) is 4.79 Å². The number of hydrogen-bond donors (Lipinski definition) is 0. The van der Waals surface area contributed by atoms with E-state index in [-0.39, 0.29) is 5.56 Å². The Bertz CT molecular complexity index is 704. The molecule has 0 radical (unpaired) electrons. The van der Waals surface area contributed by atoms with Gasteiger partial charge in [0.2, 0.25) is 0 Å². The predicted molar refractivity (Wildman–Crippen MR) is 80.4 cm³/mol. The van der Waals surface area contributed by atoms with Crippen LogP contribution in [0.5, 0.6) is 0 Å². The number of hydrogen-bond acceptors (Lipinski definition) is 5. The maximum Gasteiger partial charge on any atom is 0.266 e. The highest BCUT2D eigenvalue weighted by Crippen LogP contribution is 2.40. The summed E-state index contributed by atoms with van der Waals surface area (Å²) in [7, 11) is 0. The smallest absolute Gasteiger partial charge is 0.266 e. The molecule has 0 spiro atoms. The molecule has 0 aromatic carbocycles. The standard InChI is InChI=1S/C16H20N4O2/c21-16-4-1-7-17-20(16)11-14-3-2-8-19(14)10-13-9-15(22-18-13)12-5-6-12/h1,4,7,9,12,14H,2-3,5-6,8,10-11H2. The van der Waals surface area contributed by atoms with Crippen molar-refractivity contribution in [2.75, 3.05) is 6.54 Å². The minimum absolute atomic E-state index is 0.0354.